The van der Waals surface area contributed by atoms with Crippen LogP contribution in [0.2, 0.25) is 0 Å². The van der Waals surface area contributed by atoms with E-state index in [1.807, 2.05) is 158 Å². The van der Waals surface area contributed by atoms with Gasteiger partial charge in [-0.25, -0.2) is 18.6 Å². The molecule has 5 saturated carbocycles. The number of carboxylic acid groups (broad SMARTS) is 1. The van der Waals surface area contributed by atoms with Crippen molar-refractivity contribution in [3.63, 3.8) is 0 Å². The van der Waals surface area contributed by atoms with Gasteiger partial charge in [0.1, 0.15) is 17.6 Å². The van der Waals surface area contributed by atoms with Crippen molar-refractivity contribution in [2.45, 2.75) is 202 Å². The van der Waals surface area contributed by atoms with Crippen molar-refractivity contribution in [1.29, 1.82) is 0 Å². The zero-order chi connectivity index (χ0) is 83.0. The molecule has 8 aromatic heterocycles. The predicted molar refractivity (Wildman–Crippen MR) is 476 cm³/mol. The third kappa shape index (κ3) is 32.9. The number of pyridine rings is 8. The van der Waals surface area contributed by atoms with Gasteiger partial charge in [-0.05, 0) is 199 Å². The summed E-state index contributed by atoms with van der Waals surface area (Å²) in [7, 11) is 0. The Kier molecular flexibility index (Phi) is 43.4. The van der Waals surface area contributed by atoms with Gasteiger partial charge < -0.3 is 35.0 Å². The molecule has 0 aliphatic heterocycles. The number of aromatic nitrogens is 8. The molecule has 657 valence electrons. The van der Waals surface area contributed by atoms with Gasteiger partial charge in [0.15, 0.2) is 0 Å². The molecular formula is C107H112F2Ir5N8O2-6. The molecule has 18 rings (SSSR count). The minimum absolute atomic E-state index is 0. The first-order chi connectivity index (χ1) is 57.8. The number of benzene rings is 5. The van der Waals surface area contributed by atoms with Crippen molar-refractivity contribution in [3.8, 4) is 67.5 Å². The van der Waals surface area contributed by atoms with Gasteiger partial charge in [0.2, 0.25) is 0 Å². The molecule has 0 amide bonds. The van der Waals surface area contributed by atoms with Crippen molar-refractivity contribution in [2.75, 3.05) is 0 Å². The van der Waals surface area contributed by atoms with Gasteiger partial charge in [0.25, 0.3) is 0 Å². The van der Waals surface area contributed by atoms with Gasteiger partial charge in [0, 0.05) is 144 Å². The maximum atomic E-state index is 13.8. The fourth-order valence-corrected chi connectivity index (χ4v) is 17.6. The Balaban J connectivity index is 0.000000200. The van der Waals surface area contributed by atoms with Crippen LogP contribution in [0.25, 0.3) is 67.5 Å². The number of rotatable bonds is 17. The first kappa shape index (κ1) is 103. The molecule has 1 N–H and O–H groups in total. The number of hydrogen-bond donors (Lipinski definition) is 1. The van der Waals surface area contributed by atoms with E-state index in [4.69, 9.17) is 5.11 Å². The van der Waals surface area contributed by atoms with Crippen LogP contribution >= 0.6 is 0 Å². The normalized spacial score (nSPS) is 15.4. The maximum Gasteiger partial charge on any atom is 0.354 e. The molecule has 13 aromatic rings. The predicted octanol–water partition coefficient (Wildman–Crippen LogP) is 26.7. The van der Waals surface area contributed by atoms with Gasteiger partial charge in [-0.1, -0.05) is 201 Å². The Hall–Kier alpha value is -8.12. The Bertz CT molecular complexity index is 4940. The molecule has 5 aromatic carbocycles. The van der Waals surface area contributed by atoms with E-state index in [9.17, 15) is 13.6 Å². The molecule has 0 atom stereocenters. The van der Waals surface area contributed by atoms with Gasteiger partial charge in [-0.15, -0.1) is 185 Å². The minimum Gasteiger partial charge on any atom is -0.477 e. The smallest absolute Gasteiger partial charge is 0.354 e. The number of nitrogens with zero attached hydrogens (tertiary/aromatic N) is 8. The Morgan fingerprint density at radius 3 is 1.06 bits per heavy atom. The second-order valence-corrected chi connectivity index (χ2v) is 34.6. The summed E-state index contributed by atoms with van der Waals surface area (Å²) in [5, 5.41) is 8.32. The fraction of sp³-hybridized carbons (Fsp3) is 0.336. The van der Waals surface area contributed by atoms with E-state index in [-0.39, 0.29) is 112 Å². The number of hydrogen-bond acceptors (Lipinski definition) is 9. The minimum atomic E-state index is -0.990. The summed E-state index contributed by atoms with van der Waals surface area (Å²) >= 11 is 0. The quantitative estimate of drug-likeness (QED) is 0.0692. The zero-order valence-corrected chi connectivity index (χ0v) is 83.6. The zero-order valence-electron chi connectivity index (χ0n) is 71.6. The largest absolute Gasteiger partial charge is 0.477 e. The summed E-state index contributed by atoms with van der Waals surface area (Å²) in [6.07, 6.45) is 46.6. The van der Waals surface area contributed by atoms with Crippen LogP contribution in [0.15, 0.2) is 268 Å². The van der Waals surface area contributed by atoms with E-state index in [0.717, 1.165) is 74.3 Å². The molecular weight excluding hydrogens is 2430 g/mol. The monoisotopic (exact) mass is 2540 g/mol. The summed E-state index contributed by atoms with van der Waals surface area (Å²) in [6, 6.07) is 92.1. The second kappa shape index (κ2) is 52.2. The topological polar surface area (TPSA) is 140 Å². The van der Waals surface area contributed by atoms with E-state index < -0.39 is 17.9 Å². The van der Waals surface area contributed by atoms with E-state index in [1.165, 1.54) is 195 Å². The van der Waals surface area contributed by atoms with Crippen molar-refractivity contribution >= 4 is 5.97 Å². The van der Waals surface area contributed by atoms with Gasteiger partial charge in [-0.2, -0.15) is 0 Å². The van der Waals surface area contributed by atoms with Crippen LogP contribution in [0.3, 0.4) is 0 Å². The first-order valence-electron chi connectivity index (χ1n) is 42.7. The molecule has 17 heteroatoms. The van der Waals surface area contributed by atoms with Crippen LogP contribution in [0.4, 0.5) is 8.78 Å². The summed E-state index contributed by atoms with van der Waals surface area (Å²) in [5.74, 6) is -2.73. The summed E-state index contributed by atoms with van der Waals surface area (Å²) < 4.78 is 26.7. The van der Waals surface area contributed by atoms with Gasteiger partial charge >= 0.3 is 5.97 Å². The van der Waals surface area contributed by atoms with Crippen LogP contribution in [-0.4, -0.2) is 50.9 Å². The summed E-state index contributed by atoms with van der Waals surface area (Å²) in [6.45, 7) is 12.0. The summed E-state index contributed by atoms with van der Waals surface area (Å²) in [5.41, 5.74) is 20.2. The SMILES string of the molecule is CC1(Cc2c[c-]c(-c3ccccn3)cc2)CCCC1.CC1(Cc2cc[c-]c(-c3ccccn3)c2)CCCC1.CC1(Cc2ccc(-c3[c-]cccc3)nc2)CCCC1.CC1(Cc2ccnc(-c3[c-]cc(F)nc3F)c2)CCCCC1.CC1(Cc2ccnc(-c3[c-]cccc3)c2)CCCC1.O=C(O)c1ccccn1.[Ir].[Ir].[Ir].[Ir].[Ir].[c-]1ccccc1-c1ccccn1. The molecule has 10 nitrogen and oxygen atoms in total. The van der Waals surface area contributed by atoms with Gasteiger partial charge in [-0.3, -0.25) is 4.98 Å². The molecule has 0 saturated heterocycles. The van der Waals surface area contributed by atoms with Gasteiger partial charge in [0.05, 0.1) is 0 Å². The number of halogens is 2. The standard InChI is InChI=1S/C18H19F2N2.4C18H20N.C11H8N.C6H5NO2.5Ir/c1-18(8-3-2-4-9-18)12-13-7-10-21-15(11-13)14-5-6-16(19)22-17(14)20;1-18(10-3-4-11-18)14-15-7-6-8-16(13-15)17-9-2-5-12-19-17;1-18(11-3-4-12-18)14-15-7-9-16(10-8-15)17-6-2-5-13-19-17;1-18(11-5-6-12-18)13-15-9-10-17(19-14-15)16-7-3-2-4-8-16;1-18(10-5-6-11-18)14-15-9-12-19-17(13-15)16-7-3-2-4-8-16;1-2-6-10(7-3-1)11-8-4-5-9-12-11;8-6(9)5-3-1-2-4-7-5;;;;;/h6-7,10-11H,2-4,8-9,12H2,1H3;2,5-7,9,12-13H,3-4,10-11,14H2,1H3;2,5-9,13H,3-4,11-12,14H2,1H3;2-4,7,9-10,14H,5-6,11-13H2,1H3;2-4,7,9,12-13H,5-6,10-11,14H2,1H3;1-6,8-9H;1-4H,(H,8,9);;;;;/q6*-1;;;;;;. The van der Waals surface area contributed by atoms with Crippen molar-refractivity contribution in [2.24, 2.45) is 27.1 Å². The van der Waals surface area contributed by atoms with Crippen molar-refractivity contribution in [1.82, 2.24) is 39.9 Å². The molecule has 0 unspecified atom stereocenters. The molecule has 0 spiro atoms. The van der Waals surface area contributed by atoms with Crippen LogP contribution in [-0.2, 0) is 133 Å². The molecule has 5 fully saturated rings. The van der Waals surface area contributed by atoms with Crippen LogP contribution < -0.4 is 0 Å². The molecule has 0 bridgehead atoms. The molecule has 5 radical (unpaired) electrons. The van der Waals surface area contributed by atoms with Crippen LogP contribution in [0.5, 0.6) is 0 Å². The maximum absolute atomic E-state index is 13.8. The number of carbonyl (C=O) groups is 1. The molecule has 5 aliphatic carbocycles. The van der Waals surface area contributed by atoms with Crippen LogP contribution in [0, 0.1) is 75.4 Å². The average molecular weight is 2540 g/mol. The Morgan fingerprint density at radius 2 is 0.677 bits per heavy atom. The Morgan fingerprint density at radius 1 is 0.315 bits per heavy atom. The van der Waals surface area contributed by atoms with E-state index in [0.29, 0.717) is 32.8 Å². The second-order valence-electron chi connectivity index (χ2n) is 34.6. The molecule has 5 aliphatic rings. The summed E-state index contributed by atoms with van der Waals surface area (Å²) in [4.78, 5) is 43.2. The van der Waals surface area contributed by atoms with E-state index in [1.54, 1.807) is 24.5 Å². The average Bonchev–Trinajstić information content (AvgIpc) is 1.80. The molecule has 124 heavy (non-hydrogen) atoms. The number of aromatic carboxylic acids is 1. The fourth-order valence-electron chi connectivity index (χ4n) is 17.6. The van der Waals surface area contributed by atoms with E-state index >= 15 is 0 Å². The molecule has 8 heterocycles. The van der Waals surface area contributed by atoms with Crippen molar-refractivity contribution < 1.29 is 119 Å². The third-order valence-electron chi connectivity index (χ3n) is 24.1. The van der Waals surface area contributed by atoms with Crippen LogP contribution in [0.1, 0.15) is 208 Å². The Labute approximate surface area is 803 Å². The number of carboxylic acids is 1. The first-order valence-corrected chi connectivity index (χ1v) is 42.7. The van der Waals surface area contributed by atoms with Crippen molar-refractivity contribution in [3.05, 3.63) is 350 Å². The van der Waals surface area contributed by atoms with E-state index in [2.05, 4.69) is 178 Å². The third-order valence-corrected chi connectivity index (χ3v) is 24.1.